The van der Waals surface area contributed by atoms with Crippen molar-refractivity contribution in [2.45, 2.75) is 33.6 Å². The number of nitrogens with zero attached hydrogens (tertiary/aromatic N) is 1. The maximum absolute atomic E-state index is 13.1. The summed E-state index contributed by atoms with van der Waals surface area (Å²) in [5.74, 6) is -0.618. The van der Waals surface area contributed by atoms with Crippen molar-refractivity contribution >= 4 is 17.5 Å². The Bertz CT molecular complexity index is 854. The first kappa shape index (κ1) is 19.1. The zero-order chi connectivity index (χ0) is 19.6. The van der Waals surface area contributed by atoms with Gasteiger partial charge in [0.25, 0.3) is 11.8 Å². The van der Waals surface area contributed by atoms with E-state index in [1.807, 2.05) is 12.1 Å². The summed E-state index contributed by atoms with van der Waals surface area (Å²) in [6.07, 6.45) is 1.65. The van der Waals surface area contributed by atoms with Gasteiger partial charge in [0.05, 0.1) is 0 Å². The summed E-state index contributed by atoms with van der Waals surface area (Å²) in [5.41, 5.74) is 2.88. The molecule has 1 heterocycles. The molecule has 5 heteroatoms. The van der Waals surface area contributed by atoms with Gasteiger partial charge < -0.3 is 10.2 Å². The lowest BCUT2D eigenvalue weighted by Gasteiger charge is -2.30. The topological polar surface area (TPSA) is 49.4 Å². The Hall–Kier alpha value is -2.69. The fraction of sp³-hybridized carbons (Fsp3) is 0.364. The second-order valence-corrected chi connectivity index (χ2v) is 8.15. The standard InChI is InChI=1S/C22H25FN2O2/c1-22(2,3)14-24-20(26)17-8-11-19-16(13-17)5-4-12-25(19)21(27)15-6-9-18(23)10-7-15/h6-11,13H,4-5,12,14H2,1-3H3,(H,24,26). The van der Waals surface area contributed by atoms with E-state index in [9.17, 15) is 14.0 Å². The van der Waals surface area contributed by atoms with Crippen LogP contribution in [0.2, 0.25) is 0 Å². The summed E-state index contributed by atoms with van der Waals surface area (Å²) in [6.45, 7) is 7.41. The van der Waals surface area contributed by atoms with E-state index in [-0.39, 0.29) is 23.0 Å². The molecule has 3 rings (SSSR count). The lowest BCUT2D eigenvalue weighted by atomic mass is 9.96. The van der Waals surface area contributed by atoms with E-state index in [1.165, 1.54) is 24.3 Å². The molecule has 1 aliphatic rings. The molecule has 0 saturated heterocycles. The predicted octanol–water partition coefficient (Wildman–Crippen LogP) is 4.19. The summed E-state index contributed by atoms with van der Waals surface area (Å²) in [5, 5.41) is 2.96. The smallest absolute Gasteiger partial charge is 0.258 e. The fourth-order valence-corrected chi connectivity index (χ4v) is 3.15. The number of carbonyl (C=O) groups is 2. The van der Waals surface area contributed by atoms with Crippen molar-refractivity contribution in [3.05, 3.63) is 65.0 Å². The average molecular weight is 368 g/mol. The van der Waals surface area contributed by atoms with Gasteiger partial charge in [-0.3, -0.25) is 9.59 Å². The molecule has 0 saturated carbocycles. The third kappa shape index (κ3) is 4.54. The van der Waals surface area contributed by atoms with Crippen molar-refractivity contribution in [1.82, 2.24) is 5.32 Å². The number of carbonyl (C=O) groups excluding carboxylic acids is 2. The molecule has 0 radical (unpaired) electrons. The molecule has 0 fully saturated rings. The van der Waals surface area contributed by atoms with Crippen LogP contribution in [0.4, 0.5) is 10.1 Å². The molecule has 2 aromatic carbocycles. The number of hydrogen-bond donors (Lipinski definition) is 1. The maximum Gasteiger partial charge on any atom is 0.258 e. The molecular formula is C22H25FN2O2. The molecule has 0 spiro atoms. The molecule has 1 aliphatic heterocycles. The third-order valence-corrected chi connectivity index (χ3v) is 4.58. The Morgan fingerprint density at radius 3 is 2.41 bits per heavy atom. The molecule has 0 atom stereocenters. The molecule has 1 N–H and O–H groups in total. The zero-order valence-corrected chi connectivity index (χ0v) is 16.0. The number of rotatable bonds is 3. The first-order chi connectivity index (χ1) is 12.7. The van der Waals surface area contributed by atoms with Gasteiger partial charge in [-0.05, 0) is 66.3 Å². The highest BCUT2D eigenvalue weighted by Gasteiger charge is 2.24. The van der Waals surface area contributed by atoms with Gasteiger partial charge in [-0.15, -0.1) is 0 Å². The van der Waals surface area contributed by atoms with Gasteiger partial charge in [0, 0.05) is 29.9 Å². The minimum absolute atomic E-state index is 0.0161. The Morgan fingerprint density at radius 2 is 1.74 bits per heavy atom. The van der Waals surface area contributed by atoms with Crippen molar-refractivity contribution in [3.63, 3.8) is 0 Å². The molecule has 142 valence electrons. The van der Waals surface area contributed by atoms with Crippen LogP contribution in [0.15, 0.2) is 42.5 Å². The number of nitrogens with one attached hydrogen (secondary N) is 1. The van der Waals surface area contributed by atoms with Crippen LogP contribution in [0, 0.1) is 11.2 Å². The molecule has 27 heavy (non-hydrogen) atoms. The summed E-state index contributed by atoms with van der Waals surface area (Å²) >= 11 is 0. The summed E-state index contributed by atoms with van der Waals surface area (Å²) < 4.78 is 13.1. The van der Waals surface area contributed by atoms with Crippen LogP contribution in [0.1, 0.15) is 53.5 Å². The predicted molar refractivity (Wildman–Crippen MR) is 105 cm³/mol. The number of halogens is 1. The van der Waals surface area contributed by atoms with E-state index in [0.717, 1.165) is 24.1 Å². The SMILES string of the molecule is CC(C)(C)CNC(=O)c1ccc2c(c1)CCCN2C(=O)c1ccc(F)cc1. The van der Waals surface area contributed by atoms with Crippen LogP contribution in [0.5, 0.6) is 0 Å². The van der Waals surface area contributed by atoms with Crippen LogP contribution in [-0.4, -0.2) is 24.9 Å². The highest BCUT2D eigenvalue weighted by molar-refractivity contribution is 6.07. The van der Waals surface area contributed by atoms with Crippen LogP contribution in [0.25, 0.3) is 0 Å². The van der Waals surface area contributed by atoms with E-state index in [2.05, 4.69) is 26.1 Å². The van der Waals surface area contributed by atoms with Crippen molar-refractivity contribution in [2.75, 3.05) is 18.0 Å². The zero-order valence-electron chi connectivity index (χ0n) is 16.0. The molecule has 2 amide bonds. The van der Waals surface area contributed by atoms with E-state index in [1.54, 1.807) is 11.0 Å². The lowest BCUT2D eigenvalue weighted by molar-refractivity contribution is 0.0938. The highest BCUT2D eigenvalue weighted by atomic mass is 19.1. The Morgan fingerprint density at radius 1 is 1.07 bits per heavy atom. The highest BCUT2D eigenvalue weighted by Crippen LogP contribution is 2.29. The largest absolute Gasteiger partial charge is 0.352 e. The van der Waals surface area contributed by atoms with E-state index >= 15 is 0 Å². The Balaban J connectivity index is 1.81. The Labute approximate surface area is 159 Å². The molecule has 2 aromatic rings. The second-order valence-electron chi connectivity index (χ2n) is 8.15. The van der Waals surface area contributed by atoms with Crippen molar-refractivity contribution < 1.29 is 14.0 Å². The summed E-state index contributed by atoms with van der Waals surface area (Å²) in [6, 6.07) is 11.1. The number of benzene rings is 2. The minimum atomic E-state index is -0.364. The monoisotopic (exact) mass is 368 g/mol. The molecular weight excluding hydrogens is 343 g/mol. The molecule has 4 nitrogen and oxygen atoms in total. The van der Waals surface area contributed by atoms with Crippen LogP contribution < -0.4 is 10.2 Å². The number of fused-ring (bicyclic) bond motifs is 1. The quantitative estimate of drug-likeness (QED) is 0.883. The maximum atomic E-state index is 13.1. The van der Waals surface area contributed by atoms with Crippen molar-refractivity contribution in [2.24, 2.45) is 5.41 Å². The van der Waals surface area contributed by atoms with Gasteiger partial charge in [-0.25, -0.2) is 4.39 Å². The first-order valence-corrected chi connectivity index (χ1v) is 9.23. The van der Waals surface area contributed by atoms with Crippen molar-refractivity contribution in [3.8, 4) is 0 Å². The van der Waals surface area contributed by atoms with Gasteiger partial charge in [-0.2, -0.15) is 0 Å². The normalized spacial score (nSPS) is 13.9. The summed E-state index contributed by atoms with van der Waals surface area (Å²) in [7, 11) is 0. The van der Waals surface area contributed by atoms with Gasteiger partial charge in [-0.1, -0.05) is 20.8 Å². The van der Waals surface area contributed by atoms with E-state index < -0.39 is 0 Å². The fourth-order valence-electron chi connectivity index (χ4n) is 3.15. The van der Waals surface area contributed by atoms with Gasteiger partial charge in [0.1, 0.15) is 5.82 Å². The number of hydrogen-bond acceptors (Lipinski definition) is 2. The van der Waals surface area contributed by atoms with Crippen LogP contribution >= 0.6 is 0 Å². The molecule has 0 aliphatic carbocycles. The first-order valence-electron chi connectivity index (χ1n) is 9.23. The van der Waals surface area contributed by atoms with Crippen LogP contribution in [-0.2, 0) is 6.42 Å². The van der Waals surface area contributed by atoms with Gasteiger partial charge in [0.2, 0.25) is 0 Å². The van der Waals surface area contributed by atoms with E-state index in [0.29, 0.717) is 24.2 Å². The van der Waals surface area contributed by atoms with Crippen LogP contribution in [0.3, 0.4) is 0 Å². The van der Waals surface area contributed by atoms with Gasteiger partial charge >= 0.3 is 0 Å². The molecule has 0 aromatic heterocycles. The van der Waals surface area contributed by atoms with Gasteiger partial charge in [0.15, 0.2) is 0 Å². The number of amides is 2. The minimum Gasteiger partial charge on any atom is -0.352 e. The van der Waals surface area contributed by atoms with E-state index in [4.69, 9.17) is 0 Å². The summed E-state index contributed by atoms with van der Waals surface area (Å²) in [4.78, 5) is 27.0. The molecule has 0 bridgehead atoms. The van der Waals surface area contributed by atoms with Crippen molar-refractivity contribution in [1.29, 1.82) is 0 Å². The average Bonchev–Trinajstić information content (AvgIpc) is 2.64. The third-order valence-electron chi connectivity index (χ3n) is 4.58. The number of anilines is 1. The number of aryl methyl sites for hydroxylation is 1. The lowest BCUT2D eigenvalue weighted by Crippen LogP contribution is -2.36. The molecule has 0 unspecified atom stereocenters. The second kappa shape index (κ2) is 7.51. The Kier molecular flexibility index (Phi) is 5.31.